The number of nitrogens with one attached hydrogen (secondary N) is 2. The standard InChI is InChI=1S/C11H15N3O3/c1-2-12-10(15)4-6-14-9-7-8(11(16)17)3-5-13-9/h3,5,7H,2,4,6H2,1H3,(H,12,15)(H,13,14)(H,16,17). The van der Waals surface area contributed by atoms with Crippen molar-refractivity contribution in [1.82, 2.24) is 10.3 Å². The van der Waals surface area contributed by atoms with Crippen LogP contribution in [0.15, 0.2) is 18.3 Å². The first-order valence-electron chi connectivity index (χ1n) is 5.33. The van der Waals surface area contributed by atoms with Crippen LogP contribution in [0.3, 0.4) is 0 Å². The minimum Gasteiger partial charge on any atom is -0.478 e. The first kappa shape index (κ1) is 13.0. The molecule has 6 nitrogen and oxygen atoms in total. The number of carboxylic acid groups (broad SMARTS) is 1. The third kappa shape index (κ3) is 4.50. The molecule has 1 aromatic heterocycles. The van der Waals surface area contributed by atoms with E-state index >= 15 is 0 Å². The zero-order valence-corrected chi connectivity index (χ0v) is 9.56. The minimum atomic E-state index is -1.00. The van der Waals surface area contributed by atoms with Gasteiger partial charge < -0.3 is 15.7 Å². The summed E-state index contributed by atoms with van der Waals surface area (Å²) in [4.78, 5) is 25.8. The Morgan fingerprint density at radius 1 is 1.47 bits per heavy atom. The zero-order valence-electron chi connectivity index (χ0n) is 9.56. The Morgan fingerprint density at radius 2 is 2.24 bits per heavy atom. The van der Waals surface area contributed by atoms with Crippen LogP contribution in [0.1, 0.15) is 23.7 Å². The van der Waals surface area contributed by atoms with Crippen LogP contribution >= 0.6 is 0 Å². The summed E-state index contributed by atoms with van der Waals surface area (Å²) in [7, 11) is 0. The lowest BCUT2D eigenvalue weighted by Crippen LogP contribution is -2.24. The Hall–Kier alpha value is -2.11. The summed E-state index contributed by atoms with van der Waals surface area (Å²) in [6.07, 6.45) is 1.74. The van der Waals surface area contributed by atoms with E-state index in [0.717, 1.165) is 0 Å². The predicted molar refractivity (Wildman–Crippen MR) is 63.0 cm³/mol. The highest BCUT2D eigenvalue weighted by atomic mass is 16.4. The van der Waals surface area contributed by atoms with Gasteiger partial charge in [-0.25, -0.2) is 9.78 Å². The summed E-state index contributed by atoms with van der Waals surface area (Å²) in [6, 6.07) is 2.84. The Labute approximate surface area is 99.1 Å². The molecule has 0 aliphatic carbocycles. The Kier molecular flexibility index (Phi) is 4.93. The van der Waals surface area contributed by atoms with Crippen molar-refractivity contribution in [2.45, 2.75) is 13.3 Å². The van der Waals surface area contributed by atoms with Crippen molar-refractivity contribution in [2.24, 2.45) is 0 Å². The maximum Gasteiger partial charge on any atom is 0.335 e. The van der Waals surface area contributed by atoms with Crippen molar-refractivity contribution in [2.75, 3.05) is 18.4 Å². The van der Waals surface area contributed by atoms with E-state index < -0.39 is 5.97 Å². The number of nitrogens with zero attached hydrogens (tertiary/aromatic N) is 1. The number of carbonyl (C=O) groups is 2. The normalized spacial score (nSPS) is 9.71. The molecule has 0 aromatic carbocycles. The Morgan fingerprint density at radius 3 is 2.88 bits per heavy atom. The molecule has 1 amide bonds. The molecule has 1 aromatic rings. The molecule has 0 fully saturated rings. The molecule has 3 N–H and O–H groups in total. The van der Waals surface area contributed by atoms with Crippen molar-refractivity contribution >= 4 is 17.7 Å². The minimum absolute atomic E-state index is 0.0469. The van der Waals surface area contributed by atoms with E-state index in [0.29, 0.717) is 25.3 Å². The summed E-state index contributed by atoms with van der Waals surface area (Å²) in [5.74, 6) is -0.595. The van der Waals surface area contributed by atoms with Crippen LogP contribution in [0.25, 0.3) is 0 Å². The van der Waals surface area contributed by atoms with Gasteiger partial charge in [0.1, 0.15) is 5.82 Å². The number of hydrogen-bond acceptors (Lipinski definition) is 4. The van der Waals surface area contributed by atoms with E-state index in [1.54, 1.807) is 0 Å². The summed E-state index contributed by atoms with van der Waals surface area (Å²) < 4.78 is 0. The number of hydrogen-bond donors (Lipinski definition) is 3. The molecule has 17 heavy (non-hydrogen) atoms. The second-order valence-electron chi connectivity index (χ2n) is 3.37. The number of aromatic nitrogens is 1. The van der Waals surface area contributed by atoms with Crippen LogP contribution < -0.4 is 10.6 Å². The molecule has 6 heteroatoms. The lowest BCUT2D eigenvalue weighted by molar-refractivity contribution is -0.120. The van der Waals surface area contributed by atoms with Crippen LogP contribution in [-0.2, 0) is 4.79 Å². The van der Waals surface area contributed by atoms with Gasteiger partial charge in [0.2, 0.25) is 5.91 Å². The number of carbonyl (C=O) groups excluding carboxylic acids is 1. The molecular weight excluding hydrogens is 222 g/mol. The first-order valence-corrected chi connectivity index (χ1v) is 5.33. The Bertz CT molecular complexity index is 407. The first-order chi connectivity index (χ1) is 8.13. The van der Waals surface area contributed by atoms with Gasteiger partial charge in [0.05, 0.1) is 5.56 Å². The van der Waals surface area contributed by atoms with Crippen LogP contribution in [-0.4, -0.2) is 35.1 Å². The van der Waals surface area contributed by atoms with Crippen molar-refractivity contribution in [3.8, 4) is 0 Å². The largest absolute Gasteiger partial charge is 0.478 e. The molecule has 0 saturated heterocycles. The van der Waals surface area contributed by atoms with E-state index in [2.05, 4.69) is 15.6 Å². The highest BCUT2D eigenvalue weighted by Crippen LogP contribution is 2.06. The smallest absolute Gasteiger partial charge is 0.335 e. The summed E-state index contributed by atoms with van der Waals surface area (Å²) in [6.45, 7) is 2.87. The highest BCUT2D eigenvalue weighted by molar-refractivity contribution is 5.88. The highest BCUT2D eigenvalue weighted by Gasteiger charge is 2.04. The number of pyridine rings is 1. The second kappa shape index (κ2) is 6.47. The number of amides is 1. The fraction of sp³-hybridized carbons (Fsp3) is 0.364. The molecule has 0 aliphatic rings. The summed E-state index contributed by atoms with van der Waals surface area (Å²) >= 11 is 0. The lowest BCUT2D eigenvalue weighted by atomic mass is 10.2. The Balaban J connectivity index is 2.44. The molecule has 1 rings (SSSR count). The molecule has 0 bridgehead atoms. The molecule has 92 valence electrons. The quantitative estimate of drug-likeness (QED) is 0.678. The van der Waals surface area contributed by atoms with Gasteiger partial charge in [0.15, 0.2) is 0 Å². The van der Waals surface area contributed by atoms with Gasteiger partial charge in [-0.15, -0.1) is 0 Å². The lowest BCUT2D eigenvalue weighted by Gasteiger charge is -2.06. The average molecular weight is 237 g/mol. The van der Waals surface area contributed by atoms with Gasteiger partial charge in [-0.3, -0.25) is 4.79 Å². The van der Waals surface area contributed by atoms with Crippen molar-refractivity contribution in [1.29, 1.82) is 0 Å². The van der Waals surface area contributed by atoms with Crippen LogP contribution in [0.4, 0.5) is 5.82 Å². The van der Waals surface area contributed by atoms with E-state index in [-0.39, 0.29) is 11.5 Å². The second-order valence-corrected chi connectivity index (χ2v) is 3.37. The van der Waals surface area contributed by atoms with Crippen LogP contribution in [0.5, 0.6) is 0 Å². The predicted octanol–water partition coefficient (Wildman–Crippen LogP) is 0.718. The number of aromatic carboxylic acids is 1. The van der Waals surface area contributed by atoms with Gasteiger partial charge in [0.25, 0.3) is 0 Å². The molecule has 0 unspecified atom stereocenters. The van der Waals surface area contributed by atoms with Gasteiger partial charge in [-0.05, 0) is 19.1 Å². The maximum absolute atomic E-state index is 11.1. The van der Waals surface area contributed by atoms with Crippen molar-refractivity contribution in [3.63, 3.8) is 0 Å². The van der Waals surface area contributed by atoms with E-state index in [9.17, 15) is 9.59 Å². The maximum atomic E-state index is 11.1. The zero-order chi connectivity index (χ0) is 12.7. The SMILES string of the molecule is CCNC(=O)CCNc1cc(C(=O)O)ccn1. The monoisotopic (exact) mass is 237 g/mol. The van der Waals surface area contributed by atoms with E-state index in [1.807, 2.05) is 6.92 Å². The topological polar surface area (TPSA) is 91.3 Å². The summed E-state index contributed by atoms with van der Waals surface area (Å²) in [5.41, 5.74) is 0.167. The van der Waals surface area contributed by atoms with Crippen LogP contribution in [0.2, 0.25) is 0 Å². The third-order valence-electron chi connectivity index (χ3n) is 2.04. The molecule has 0 atom stereocenters. The molecular formula is C11H15N3O3. The fourth-order valence-electron chi connectivity index (χ4n) is 1.25. The third-order valence-corrected chi connectivity index (χ3v) is 2.04. The summed E-state index contributed by atoms with van der Waals surface area (Å²) in [5, 5.41) is 14.3. The molecule has 0 spiro atoms. The van der Waals surface area contributed by atoms with Crippen molar-refractivity contribution in [3.05, 3.63) is 23.9 Å². The average Bonchev–Trinajstić information content (AvgIpc) is 2.30. The van der Waals surface area contributed by atoms with Gasteiger partial charge >= 0.3 is 5.97 Å². The number of carboxylic acids is 1. The molecule has 0 aliphatic heterocycles. The van der Waals surface area contributed by atoms with Crippen molar-refractivity contribution < 1.29 is 14.7 Å². The number of anilines is 1. The van der Waals surface area contributed by atoms with E-state index in [4.69, 9.17) is 5.11 Å². The molecule has 1 heterocycles. The van der Waals surface area contributed by atoms with Crippen LogP contribution in [0, 0.1) is 0 Å². The van der Waals surface area contributed by atoms with Gasteiger partial charge in [-0.1, -0.05) is 0 Å². The van der Waals surface area contributed by atoms with E-state index in [1.165, 1.54) is 18.3 Å². The van der Waals surface area contributed by atoms with Gasteiger partial charge in [0, 0.05) is 25.7 Å². The molecule has 0 saturated carbocycles. The number of rotatable bonds is 6. The fourth-order valence-corrected chi connectivity index (χ4v) is 1.25. The van der Waals surface area contributed by atoms with Gasteiger partial charge in [-0.2, -0.15) is 0 Å². The molecule has 0 radical (unpaired) electrons.